The summed E-state index contributed by atoms with van der Waals surface area (Å²) in [6.45, 7) is 0. The van der Waals surface area contributed by atoms with Crippen LogP contribution in [0.3, 0.4) is 0 Å². The minimum absolute atomic E-state index is 0.0317. The van der Waals surface area contributed by atoms with Crippen molar-refractivity contribution in [3.8, 4) is 0 Å². The highest BCUT2D eigenvalue weighted by Crippen LogP contribution is 2.33. The maximum absolute atomic E-state index is 13.1. The van der Waals surface area contributed by atoms with Gasteiger partial charge in [0.25, 0.3) is 5.91 Å². The lowest BCUT2D eigenvalue weighted by atomic mass is 9.88. The number of fused-ring (bicyclic) bond motifs is 1. The molecule has 0 unspecified atom stereocenters. The number of ketones is 1. The summed E-state index contributed by atoms with van der Waals surface area (Å²) < 4.78 is 4.66. The number of aromatic amines is 1. The first-order valence-electron chi connectivity index (χ1n) is 11.8. The first-order chi connectivity index (χ1) is 16.9. The maximum atomic E-state index is 13.1. The molecule has 8 nitrogen and oxygen atoms in total. The lowest BCUT2D eigenvalue weighted by Crippen LogP contribution is -2.33. The van der Waals surface area contributed by atoms with Gasteiger partial charge in [0.2, 0.25) is 5.91 Å². The van der Waals surface area contributed by atoms with E-state index in [4.69, 9.17) is 0 Å². The summed E-state index contributed by atoms with van der Waals surface area (Å²) in [5, 5.41) is 5.22. The Bertz CT molecular complexity index is 1240. The van der Waals surface area contributed by atoms with Crippen molar-refractivity contribution in [2.75, 3.05) is 24.4 Å². The Labute approximate surface area is 207 Å². The Morgan fingerprint density at radius 2 is 1.89 bits per heavy atom. The van der Waals surface area contributed by atoms with Crippen LogP contribution < -0.4 is 10.2 Å². The standard InChI is InChI=1S/C26H29N3O5S/c1-29(26(33)16-7-4-3-5-8-16)17-10-11-18-19(15-17)27-24(28-25(32)21-9-6-14-35-21)23(18)20(30)12-13-22(31)34-2/h6,9-11,14-16,27H,3-5,7-8,12-13H2,1-2H3,(H,28,32). The van der Waals surface area contributed by atoms with Crippen molar-refractivity contribution in [3.63, 3.8) is 0 Å². The molecule has 0 saturated heterocycles. The van der Waals surface area contributed by atoms with Gasteiger partial charge in [-0.15, -0.1) is 11.3 Å². The molecule has 2 heterocycles. The first-order valence-corrected chi connectivity index (χ1v) is 12.6. The van der Waals surface area contributed by atoms with Crippen LogP contribution in [0, 0.1) is 5.92 Å². The molecule has 184 valence electrons. The monoisotopic (exact) mass is 495 g/mol. The Hall–Kier alpha value is -3.46. The summed E-state index contributed by atoms with van der Waals surface area (Å²) in [5.74, 6) is -0.708. The van der Waals surface area contributed by atoms with Gasteiger partial charge in [-0.05, 0) is 42.5 Å². The van der Waals surface area contributed by atoms with Crippen LogP contribution in [0.2, 0.25) is 0 Å². The second kappa shape index (κ2) is 10.9. The smallest absolute Gasteiger partial charge is 0.305 e. The number of aromatic nitrogens is 1. The Balaban J connectivity index is 1.66. The normalized spacial score (nSPS) is 14.0. The molecule has 0 radical (unpaired) electrons. The van der Waals surface area contributed by atoms with Crippen LogP contribution in [0.4, 0.5) is 11.5 Å². The molecule has 0 spiro atoms. The lowest BCUT2D eigenvalue weighted by Gasteiger charge is -2.26. The van der Waals surface area contributed by atoms with Gasteiger partial charge in [-0.1, -0.05) is 25.3 Å². The van der Waals surface area contributed by atoms with Crippen molar-refractivity contribution in [1.29, 1.82) is 0 Å². The molecule has 0 bridgehead atoms. The third kappa shape index (κ3) is 5.45. The van der Waals surface area contributed by atoms with Crippen molar-refractivity contribution >= 4 is 57.3 Å². The molecule has 2 N–H and O–H groups in total. The minimum atomic E-state index is -0.479. The number of benzene rings is 1. The van der Waals surface area contributed by atoms with Gasteiger partial charge in [0, 0.05) is 36.0 Å². The number of H-pyrrole nitrogens is 1. The molecule has 0 aliphatic heterocycles. The van der Waals surface area contributed by atoms with Crippen LogP contribution in [0.5, 0.6) is 0 Å². The van der Waals surface area contributed by atoms with Crippen LogP contribution in [0.1, 0.15) is 65.0 Å². The molecule has 1 aliphatic rings. The molecule has 9 heteroatoms. The quantitative estimate of drug-likeness (QED) is 0.331. The van der Waals surface area contributed by atoms with Crippen molar-refractivity contribution in [3.05, 3.63) is 46.2 Å². The molecule has 4 rings (SSSR count). The van der Waals surface area contributed by atoms with E-state index in [1.807, 2.05) is 6.07 Å². The summed E-state index contributed by atoms with van der Waals surface area (Å²) in [6.07, 6.45) is 5.03. The van der Waals surface area contributed by atoms with Gasteiger partial charge in [-0.25, -0.2) is 0 Å². The molecule has 1 fully saturated rings. The highest BCUT2D eigenvalue weighted by Gasteiger charge is 2.26. The number of carbonyl (C=O) groups is 4. The number of hydrogen-bond donors (Lipinski definition) is 2. The molecule has 35 heavy (non-hydrogen) atoms. The fourth-order valence-corrected chi connectivity index (χ4v) is 5.17. The van der Waals surface area contributed by atoms with Gasteiger partial charge in [0.05, 0.1) is 24.0 Å². The highest BCUT2D eigenvalue weighted by atomic mass is 32.1. The highest BCUT2D eigenvalue weighted by molar-refractivity contribution is 7.12. The van der Waals surface area contributed by atoms with Crippen molar-refractivity contribution in [1.82, 2.24) is 4.98 Å². The van der Waals surface area contributed by atoms with E-state index in [-0.39, 0.29) is 42.2 Å². The first kappa shape index (κ1) is 24.7. The van der Waals surface area contributed by atoms with Crippen LogP contribution in [-0.2, 0) is 14.3 Å². The summed E-state index contributed by atoms with van der Waals surface area (Å²) >= 11 is 1.30. The number of Topliss-reactive ketones (excluding diaryl/α,β-unsaturated/α-hetero) is 1. The number of esters is 1. The minimum Gasteiger partial charge on any atom is -0.469 e. The fraction of sp³-hybridized carbons (Fsp3) is 0.385. The van der Waals surface area contributed by atoms with E-state index in [0.717, 1.165) is 25.7 Å². The summed E-state index contributed by atoms with van der Waals surface area (Å²) in [7, 11) is 3.04. The van der Waals surface area contributed by atoms with E-state index in [1.54, 1.807) is 41.6 Å². The third-order valence-electron chi connectivity index (χ3n) is 6.50. The molecule has 1 saturated carbocycles. The van der Waals surface area contributed by atoms with Gasteiger partial charge in [0.1, 0.15) is 5.82 Å². The number of thiophene rings is 1. The van der Waals surface area contributed by atoms with Crippen molar-refractivity contribution in [2.24, 2.45) is 5.92 Å². The zero-order valence-electron chi connectivity index (χ0n) is 19.9. The van der Waals surface area contributed by atoms with E-state index >= 15 is 0 Å². The van der Waals surface area contributed by atoms with Crippen molar-refractivity contribution in [2.45, 2.75) is 44.9 Å². The Morgan fingerprint density at radius 1 is 1.11 bits per heavy atom. The molecule has 2 amide bonds. The topological polar surface area (TPSA) is 109 Å². The van der Waals surface area contributed by atoms with E-state index in [2.05, 4.69) is 15.0 Å². The van der Waals surface area contributed by atoms with E-state index in [1.165, 1.54) is 24.9 Å². The molecule has 1 aromatic carbocycles. The number of ether oxygens (including phenoxy) is 1. The molecule has 2 aromatic heterocycles. The van der Waals surface area contributed by atoms with E-state index in [0.29, 0.717) is 27.0 Å². The van der Waals surface area contributed by atoms with Gasteiger partial charge < -0.3 is 19.9 Å². The maximum Gasteiger partial charge on any atom is 0.305 e. The molecular weight excluding hydrogens is 466 g/mol. The predicted octanol–water partition coefficient (Wildman–Crippen LogP) is 5.16. The van der Waals surface area contributed by atoms with E-state index < -0.39 is 5.97 Å². The number of carbonyl (C=O) groups excluding carboxylic acids is 4. The van der Waals surface area contributed by atoms with E-state index in [9.17, 15) is 19.2 Å². The molecule has 3 aromatic rings. The average molecular weight is 496 g/mol. The molecular formula is C26H29N3O5S. The van der Waals surface area contributed by atoms with Gasteiger partial charge >= 0.3 is 5.97 Å². The Kier molecular flexibility index (Phi) is 7.65. The zero-order chi connectivity index (χ0) is 24.9. The molecule has 1 aliphatic carbocycles. The second-order valence-corrected chi connectivity index (χ2v) is 9.72. The summed E-state index contributed by atoms with van der Waals surface area (Å²) in [4.78, 5) is 55.8. The number of anilines is 2. The van der Waals surface area contributed by atoms with Crippen LogP contribution in [0.25, 0.3) is 10.9 Å². The number of hydrogen-bond acceptors (Lipinski definition) is 6. The fourth-order valence-electron chi connectivity index (χ4n) is 4.55. The summed E-state index contributed by atoms with van der Waals surface area (Å²) in [5.41, 5.74) is 1.63. The van der Waals surface area contributed by atoms with Gasteiger partial charge in [-0.2, -0.15) is 0 Å². The largest absolute Gasteiger partial charge is 0.469 e. The summed E-state index contributed by atoms with van der Waals surface area (Å²) in [6, 6.07) is 8.87. The van der Waals surface area contributed by atoms with Crippen LogP contribution in [-0.4, -0.2) is 42.7 Å². The lowest BCUT2D eigenvalue weighted by molar-refractivity contribution is -0.140. The van der Waals surface area contributed by atoms with Gasteiger partial charge in [-0.3, -0.25) is 19.2 Å². The van der Waals surface area contributed by atoms with Crippen molar-refractivity contribution < 1.29 is 23.9 Å². The zero-order valence-corrected chi connectivity index (χ0v) is 20.7. The van der Waals surface area contributed by atoms with Crippen LogP contribution >= 0.6 is 11.3 Å². The molecule has 0 atom stereocenters. The SMILES string of the molecule is COC(=O)CCC(=O)c1c(NC(=O)c2cccs2)[nH]c2cc(N(C)C(=O)C3CCCCC3)ccc12. The Morgan fingerprint density at radius 3 is 2.57 bits per heavy atom. The number of nitrogens with zero attached hydrogens (tertiary/aromatic N) is 1. The number of rotatable bonds is 8. The number of methoxy groups -OCH3 is 1. The average Bonchev–Trinajstić information content (AvgIpc) is 3.54. The number of amides is 2. The number of nitrogens with one attached hydrogen (secondary N) is 2. The van der Waals surface area contributed by atoms with Gasteiger partial charge in [0.15, 0.2) is 5.78 Å². The van der Waals surface area contributed by atoms with Crippen LogP contribution in [0.15, 0.2) is 35.7 Å². The second-order valence-electron chi connectivity index (χ2n) is 8.77. The third-order valence-corrected chi connectivity index (χ3v) is 7.37. The predicted molar refractivity (Wildman–Crippen MR) is 136 cm³/mol.